The number of rotatable bonds is 5. The van der Waals surface area contributed by atoms with Crippen molar-refractivity contribution in [2.45, 2.75) is 52.0 Å². The fraction of sp³-hybridized carbons (Fsp3) is 0.889. The van der Waals surface area contributed by atoms with Crippen molar-refractivity contribution < 1.29 is 9.59 Å². The van der Waals surface area contributed by atoms with Gasteiger partial charge in [0.1, 0.15) is 0 Å². The van der Waals surface area contributed by atoms with Crippen LogP contribution in [-0.4, -0.2) is 77.9 Å². The van der Waals surface area contributed by atoms with Crippen molar-refractivity contribution in [2.24, 2.45) is 11.7 Å². The number of nitrogens with two attached hydrogens (primary N) is 1. The van der Waals surface area contributed by atoms with Gasteiger partial charge >= 0.3 is 0 Å². The van der Waals surface area contributed by atoms with Gasteiger partial charge in [0.2, 0.25) is 11.8 Å². The molecule has 0 spiro atoms. The molecule has 2 N–H and O–H groups in total. The molecule has 0 aromatic heterocycles. The van der Waals surface area contributed by atoms with Crippen LogP contribution in [0.1, 0.15) is 46.5 Å². The predicted molar refractivity (Wildman–Crippen MR) is 110 cm³/mol. The maximum absolute atomic E-state index is 12.8. The molecule has 0 bridgehead atoms. The first-order chi connectivity index (χ1) is 11.4. The van der Waals surface area contributed by atoms with Crippen molar-refractivity contribution in [1.29, 1.82) is 0 Å². The molecule has 1 heterocycles. The van der Waals surface area contributed by atoms with E-state index in [-0.39, 0.29) is 48.1 Å². The first-order valence-electron chi connectivity index (χ1n) is 9.46. The minimum atomic E-state index is -0.384. The molecule has 1 saturated carbocycles. The van der Waals surface area contributed by atoms with E-state index in [1.54, 1.807) is 0 Å². The molecule has 2 aliphatic rings. The SMILES string of the molecule is CCN(CC)CC(=O)N1CCN(C(=O)C2CCCCC2(C)N)CC1.Cl.Cl. The van der Waals surface area contributed by atoms with Crippen LogP contribution < -0.4 is 5.73 Å². The lowest BCUT2D eigenvalue weighted by molar-refractivity contribution is -0.144. The number of hydrogen-bond donors (Lipinski definition) is 1. The Kier molecular flexibility index (Phi) is 11.1. The standard InChI is InChI=1S/C18H34N4O2.2ClH/c1-4-20(5-2)14-16(23)21-10-12-22(13-11-21)17(24)15-8-6-7-9-18(15,3)19;;/h15H,4-14,19H2,1-3H3;2*1H. The Morgan fingerprint density at radius 2 is 1.58 bits per heavy atom. The van der Waals surface area contributed by atoms with Crippen LogP contribution in [0.2, 0.25) is 0 Å². The van der Waals surface area contributed by atoms with E-state index >= 15 is 0 Å². The number of amides is 2. The lowest BCUT2D eigenvalue weighted by Gasteiger charge is -2.42. The summed E-state index contributed by atoms with van der Waals surface area (Å²) in [5.41, 5.74) is 5.99. The van der Waals surface area contributed by atoms with Gasteiger partial charge in [-0.15, -0.1) is 24.8 Å². The average Bonchev–Trinajstić information content (AvgIpc) is 2.58. The maximum Gasteiger partial charge on any atom is 0.236 e. The largest absolute Gasteiger partial charge is 0.339 e. The van der Waals surface area contributed by atoms with Gasteiger partial charge in [-0.1, -0.05) is 26.7 Å². The molecular formula is C18H36Cl2N4O2. The summed E-state index contributed by atoms with van der Waals surface area (Å²) in [6, 6.07) is 0. The maximum atomic E-state index is 12.8. The lowest BCUT2D eigenvalue weighted by atomic mass is 9.74. The molecule has 2 rings (SSSR count). The quantitative estimate of drug-likeness (QED) is 0.749. The van der Waals surface area contributed by atoms with Gasteiger partial charge in [0, 0.05) is 31.7 Å². The molecule has 2 fully saturated rings. The van der Waals surface area contributed by atoms with E-state index in [9.17, 15) is 9.59 Å². The van der Waals surface area contributed by atoms with Crippen LogP contribution in [0.25, 0.3) is 0 Å². The summed E-state index contributed by atoms with van der Waals surface area (Å²) in [5.74, 6) is 0.298. The second kappa shape index (κ2) is 11.3. The second-order valence-electron chi connectivity index (χ2n) is 7.47. The van der Waals surface area contributed by atoms with E-state index in [1.807, 2.05) is 16.7 Å². The number of nitrogens with zero attached hydrogens (tertiary/aromatic N) is 3. The molecule has 6 nitrogen and oxygen atoms in total. The molecule has 154 valence electrons. The highest BCUT2D eigenvalue weighted by Crippen LogP contribution is 2.33. The van der Waals surface area contributed by atoms with Crippen LogP contribution in [-0.2, 0) is 9.59 Å². The molecule has 0 radical (unpaired) electrons. The second-order valence-corrected chi connectivity index (χ2v) is 7.47. The summed E-state index contributed by atoms with van der Waals surface area (Å²) in [7, 11) is 0. The Bertz CT molecular complexity index is 450. The van der Waals surface area contributed by atoms with Crippen LogP contribution >= 0.6 is 24.8 Å². The van der Waals surface area contributed by atoms with Crippen LogP contribution in [0.5, 0.6) is 0 Å². The fourth-order valence-electron chi connectivity index (χ4n) is 3.90. The predicted octanol–water partition coefficient (Wildman–Crippen LogP) is 1.75. The molecule has 8 heteroatoms. The molecular weight excluding hydrogens is 375 g/mol. The lowest BCUT2D eigenvalue weighted by Crippen LogP contribution is -2.58. The zero-order valence-electron chi connectivity index (χ0n) is 16.4. The molecule has 1 aliphatic carbocycles. The molecule has 1 aliphatic heterocycles. The van der Waals surface area contributed by atoms with Gasteiger partial charge in [-0.25, -0.2) is 0 Å². The zero-order chi connectivity index (χ0) is 17.7. The smallest absolute Gasteiger partial charge is 0.236 e. The monoisotopic (exact) mass is 410 g/mol. The number of carbonyl (C=O) groups excluding carboxylic acids is 2. The number of halogens is 2. The fourth-order valence-corrected chi connectivity index (χ4v) is 3.90. The Hall–Kier alpha value is -0.560. The van der Waals surface area contributed by atoms with Crippen LogP contribution in [0.4, 0.5) is 0 Å². The van der Waals surface area contributed by atoms with Crippen molar-refractivity contribution in [1.82, 2.24) is 14.7 Å². The molecule has 2 atom stereocenters. The van der Waals surface area contributed by atoms with Gasteiger partial charge in [-0.2, -0.15) is 0 Å². The van der Waals surface area contributed by atoms with Crippen LogP contribution in [0.3, 0.4) is 0 Å². The van der Waals surface area contributed by atoms with E-state index in [1.165, 1.54) is 0 Å². The third kappa shape index (κ3) is 6.25. The average molecular weight is 411 g/mol. The van der Waals surface area contributed by atoms with Gasteiger partial charge in [0.15, 0.2) is 0 Å². The molecule has 0 aromatic carbocycles. The van der Waals surface area contributed by atoms with Crippen molar-refractivity contribution >= 4 is 36.6 Å². The Morgan fingerprint density at radius 3 is 2.08 bits per heavy atom. The third-order valence-electron chi connectivity index (χ3n) is 5.75. The number of carbonyl (C=O) groups is 2. The third-order valence-corrected chi connectivity index (χ3v) is 5.75. The summed E-state index contributed by atoms with van der Waals surface area (Å²) < 4.78 is 0. The van der Waals surface area contributed by atoms with Gasteiger partial charge in [-0.05, 0) is 32.9 Å². The van der Waals surface area contributed by atoms with Crippen molar-refractivity contribution in [3.8, 4) is 0 Å². The van der Waals surface area contributed by atoms with E-state index < -0.39 is 0 Å². The minimum Gasteiger partial charge on any atom is -0.339 e. The highest BCUT2D eigenvalue weighted by molar-refractivity contribution is 5.85. The summed E-state index contributed by atoms with van der Waals surface area (Å²) in [6.45, 7) is 10.9. The van der Waals surface area contributed by atoms with Gasteiger partial charge in [0.25, 0.3) is 0 Å². The van der Waals surface area contributed by atoms with E-state index in [0.29, 0.717) is 32.7 Å². The summed E-state index contributed by atoms with van der Waals surface area (Å²) in [4.78, 5) is 31.2. The normalized spacial score (nSPS) is 26.1. The van der Waals surface area contributed by atoms with Gasteiger partial charge < -0.3 is 15.5 Å². The number of piperazine rings is 1. The number of likely N-dealkylation sites (N-methyl/N-ethyl adjacent to an activating group) is 1. The first-order valence-corrected chi connectivity index (χ1v) is 9.46. The molecule has 1 saturated heterocycles. The van der Waals surface area contributed by atoms with Gasteiger partial charge in [-0.3, -0.25) is 14.5 Å². The molecule has 0 aromatic rings. The molecule has 26 heavy (non-hydrogen) atoms. The Morgan fingerprint density at radius 1 is 1.04 bits per heavy atom. The number of hydrogen-bond acceptors (Lipinski definition) is 4. The van der Waals surface area contributed by atoms with Gasteiger partial charge in [0.05, 0.1) is 12.5 Å². The topological polar surface area (TPSA) is 69.9 Å². The highest BCUT2D eigenvalue weighted by Gasteiger charge is 2.40. The summed E-state index contributed by atoms with van der Waals surface area (Å²) in [6.07, 6.45) is 4.02. The van der Waals surface area contributed by atoms with E-state index in [0.717, 1.165) is 38.8 Å². The summed E-state index contributed by atoms with van der Waals surface area (Å²) >= 11 is 0. The molecule has 2 unspecified atom stereocenters. The molecule has 2 amide bonds. The summed E-state index contributed by atoms with van der Waals surface area (Å²) in [5, 5.41) is 0. The van der Waals surface area contributed by atoms with E-state index in [4.69, 9.17) is 5.73 Å². The Labute approximate surface area is 170 Å². The zero-order valence-corrected chi connectivity index (χ0v) is 18.0. The van der Waals surface area contributed by atoms with E-state index in [2.05, 4.69) is 18.7 Å². The van der Waals surface area contributed by atoms with Crippen molar-refractivity contribution in [3.63, 3.8) is 0 Å². The van der Waals surface area contributed by atoms with Crippen LogP contribution in [0.15, 0.2) is 0 Å². The van der Waals surface area contributed by atoms with Crippen molar-refractivity contribution in [3.05, 3.63) is 0 Å². The van der Waals surface area contributed by atoms with Crippen molar-refractivity contribution in [2.75, 3.05) is 45.8 Å². The highest BCUT2D eigenvalue weighted by atomic mass is 35.5. The Balaban J connectivity index is 0.00000312. The van der Waals surface area contributed by atoms with Crippen LogP contribution in [0, 0.1) is 5.92 Å². The minimum absolute atomic E-state index is 0. The first kappa shape index (κ1) is 25.4.